The van der Waals surface area contributed by atoms with Crippen LogP contribution in [0.4, 0.5) is 17.6 Å². The second-order valence-corrected chi connectivity index (χ2v) is 13.7. The highest BCUT2D eigenvalue weighted by molar-refractivity contribution is 7.92. The maximum absolute atomic E-state index is 14.5. The van der Waals surface area contributed by atoms with Crippen molar-refractivity contribution >= 4 is 21.8 Å². The first-order chi connectivity index (χ1) is 20.2. The fourth-order valence-corrected chi connectivity index (χ4v) is 7.97. The number of hydrogen-bond donors (Lipinski definition) is 3. The van der Waals surface area contributed by atoms with Gasteiger partial charge in [0.15, 0.2) is 21.3 Å². The third kappa shape index (κ3) is 7.15. The van der Waals surface area contributed by atoms with E-state index in [0.717, 1.165) is 43.4 Å². The van der Waals surface area contributed by atoms with Crippen LogP contribution in [0.15, 0.2) is 42.0 Å². The molecule has 236 valence electrons. The molecule has 0 aromatic heterocycles. The smallest absolute Gasteiger partial charge is 0.387 e. The SMILES string of the molecule is C/C(=C\c1ccc(F)cc1F)CN(C(=O)c1ccc(OC(F)F)c(O)c1)C(C1CCCN1)C(N)(C1CCCC1)S(C)(=O)=O. The predicted molar refractivity (Wildman–Crippen MR) is 154 cm³/mol. The Balaban J connectivity index is 1.86. The Morgan fingerprint density at radius 3 is 2.42 bits per heavy atom. The summed E-state index contributed by atoms with van der Waals surface area (Å²) in [6.07, 6.45) is 6.38. The molecule has 1 aliphatic heterocycles. The Morgan fingerprint density at radius 1 is 1.16 bits per heavy atom. The predicted octanol–water partition coefficient (Wildman–Crippen LogP) is 4.83. The van der Waals surface area contributed by atoms with Gasteiger partial charge in [-0.25, -0.2) is 17.2 Å². The van der Waals surface area contributed by atoms with Crippen LogP contribution in [0.1, 0.15) is 61.4 Å². The Morgan fingerprint density at radius 2 is 1.86 bits per heavy atom. The monoisotopic (exact) mass is 627 g/mol. The fourth-order valence-electron chi connectivity index (χ4n) is 6.40. The van der Waals surface area contributed by atoms with Crippen molar-refractivity contribution in [2.75, 3.05) is 19.3 Å². The molecule has 1 heterocycles. The Bertz CT molecular complexity index is 1460. The summed E-state index contributed by atoms with van der Waals surface area (Å²) < 4.78 is 85.2. The minimum atomic E-state index is -4.01. The molecule has 0 radical (unpaired) electrons. The van der Waals surface area contributed by atoms with Gasteiger partial charge in [-0.05, 0) is 75.4 Å². The average Bonchev–Trinajstić information content (AvgIpc) is 3.65. The number of nitrogens with one attached hydrogen (secondary N) is 1. The van der Waals surface area contributed by atoms with Gasteiger partial charge in [0.2, 0.25) is 0 Å². The molecule has 2 aliphatic rings. The highest BCUT2D eigenvalue weighted by atomic mass is 32.2. The van der Waals surface area contributed by atoms with Crippen LogP contribution < -0.4 is 15.8 Å². The molecular formula is C30H37F4N3O5S. The van der Waals surface area contributed by atoms with Crippen molar-refractivity contribution in [2.45, 2.75) is 69.0 Å². The van der Waals surface area contributed by atoms with Crippen molar-refractivity contribution in [1.82, 2.24) is 10.2 Å². The summed E-state index contributed by atoms with van der Waals surface area (Å²) in [7, 11) is -4.01. The van der Waals surface area contributed by atoms with Crippen molar-refractivity contribution in [2.24, 2.45) is 11.7 Å². The van der Waals surface area contributed by atoms with Crippen LogP contribution in [0.5, 0.6) is 11.5 Å². The number of halogens is 4. The first-order valence-corrected chi connectivity index (χ1v) is 16.0. The molecule has 1 aliphatic carbocycles. The van der Waals surface area contributed by atoms with E-state index < -0.39 is 68.4 Å². The zero-order valence-electron chi connectivity index (χ0n) is 24.0. The van der Waals surface area contributed by atoms with E-state index in [2.05, 4.69) is 10.1 Å². The largest absolute Gasteiger partial charge is 0.504 e. The number of phenols is 1. The van der Waals surface area contributed by atoms with Crippen LogP contribution >= 0.6 is 0 Å². The Labute approximate surface area is 248 Å². The third-order valence-electron chi connectivity index (χ3n) is 8.38. The molecule has 1 amide bonds. The van der Waals surface area contributed by atoms with Crippen molar-refractivity contribution in [3.8, 4) is 11.5 Å². The van der Waals surface area contributed by atoms with E-state index in [0.29, 0.717) is 37.8 Å². The van der Waals surface area contributed by atoms with Gasteiger partial charge in [0.25, 0.3) is 5.91 Å². The minimum Gasteiger partial charge on any atom is -0.504 e. The third-order valence-corrected chi connectivity index (χ3v) is 10.2. The number of amides is 1. The Hall–Kier alpha value is -3.16. The van der Waals surface area contributed by atoms with Crippen LogP contribution in [-0.4, -0.2) is 67.2 Å². The van der Waals surface area contributed by atoms with E-state index >= 15 is 0 Å². The van der Waals surface area contributed by atoms with Gasteiger partial charge in [-0.3, -0.25) is 4.79 Å². The lowest BCUT2D eigenvalue weighted by Gasteiger charge is -2.48. The number of ether oxygens (including phenoxy) is 1. The lowest BCUT2D eigenvalue weighted by Crippen LogP contribution is -2.72. The number of alkyl halides is 2. The van der Waals surface area contributed by atoms with Crippen molar-refractivity contribution in [1.29, 1.82) is 0 Å². The zero-order valence-corrected chi connectivity index (χ0v) is 24.8. The number of phenolic OH excluding ortho intramolecular Hbond substituents is 1. The summed E-state index contributed by atoms with van der Waals surface area (Å²) in [6.45, 7) is -1.21. The molecule has 2 fully saturated rings. The number of benzene rings is 2. The van der Waals surface area contributed by atoms with Crippen molar-refractivity contribution in [3.05, 3.63) is 64.7 Å². The minimum absolute atomic E-state index is 0.0610. The summed E-state index contributed by atoms with van der Waals surface area (Å²) in [5.74, 6) is -4.00. The second kappa shape index (κ2) is 13.2. The topological polar surface area (TPSA) is 122 Å². The highest BCUT2D eigenvalue weighted by Gasteiger charge is 2.56. The van der Waals surface area contributed by atoms with E-state index in [9.17, 15) is 35.9 Å². The number of nitrogens with zero attached hydrogens (tertiary/aromatic N) is 1. The standard InChI is InChI=1S/C30H37F4N3O5S/c1-18(14-19-9-11-22(31)16-23(19)32)17-37(28(39)20-10-12-26(25(38)15-20)42-29(33)34)27(24-8-5-13-36-24)30(35,43(2,40)41)21-6-3-4-7-21/h9-12,14-16,21,24,27,29,36,38H,3-8,13,17,35H2,1-2H3/b18-14+. The van der Waals surface area contributed by atoms with E-state index in [1.165, 1.54) is 23.1 Å². The number of carbonyl (C=O) groups excluding carboxylic acids is 1. The normalized spacial score (nSPS) is 20.3. The summed E-state index contributed by atoms with van der Waals surface area (Å²) in [5, 5.41) is 13.7. The van der Waals surface area contributed by atoms with Gasteiger partial charge in [-0.15, -0.1) is 0 Å². The molecule has 2 aromatic carbocycles. The van der Waals surface area contributed by atoms with Gasteiger partial charge in [-0.1, -0.05) is 24.5 Å². The van der Waals surface area contributed by atoms with Crippen molar-refractivity contribution < 1.29 is 40.6 Å². The molecule has 0 bridgehead atoms. The van der Waals surface area contributed by atoms with Crippen LogP contribution in [0, 0.1) is 17.6 Å². The number of nitrogens with two attached hydrogens (primary N) is 1. The zero-order chi connectivity index (χ0) is 31.5. The molecule has 4 N–H and O–H groups in total. The molecule has 8 nitrogen and oxygen atoms in total. The van der Waals surface area contributed by atoms with Gasteiger partial charge in [0, 0.05) is 36.0 Å². The van der Waals surface area contributed by atoms with Gasteiger partial charge < -0.3 is 25.8 Å². The quantitative estimate of drug-likeness (QED) is 0.305. The molecule has 13 heteroatoms. The van der Waals surface area contributed by atoms with E-state index in [-0.39, 0.29) is 17.7 Å². The molecule has 1 saturated heterocycles. The number of carbonyl (C=O) groups is 1. The Kier molecular flexibility index (Phi) is 10.1. The molecule has 4 rings (SSSR count). The molecular weight excluding hydrogens is 590 g/mol. The summed E-state index contributed by atoms with van der Waals surface area (Å²) in [6, 6.07) is 4.65. The van der Waals surface area contributed by atoms with Crippen LogP contribution in [0.25, 0.3) is 6.08 Å². The van der Waals surface area contributed by atoms with Gasteiger partial charge in [0.05, 0.1) is 6.04 Å². The molecule has 1 saturated carbocycles. The average molecular weight is 628 g/mol. The molecule has 2 aromatic rings. The van der Waals surface area contributed by atoms with Gasteiger partial charge in [0.1, 0.15) is 16.5 Å². The van der Waals surface area contributed by atoms with E-state index in [1.807, 2.05) is 0 Å². The van der Waals surface area contributed by atoms with E-state index in [4.69, 9.17) is 5.73 Å². The first kappa shape index (κ1) is 32.7. The molecule has 0 spiro atoms. The molecule has 3 atom stereocenters. The molecule has 43 heavy (non-hydrogen) atoms. The fraction of sp³-hybridized carbons (Fsp3) is 0.500. The van der Waals surface area contributed by atoms with Gasteiger partial charge in [-0.2, -0.15) is 8.78 Å². The maximum Gasteiger partial charge on any atom is 0.387 e. The summed E-state index contributed by atoms with van der Waals surface area (Å²) in [5.41, 5.74) is 7.38. The lowest BCUT2D eigenvalue weighted by atomic mass is 9.85. The summed E-state index contributed by atoms with van der Waals surface area (Å²) >= 11 is 0. The van der Waals surface area contributed by atoms with Crippen LogP contribution in [0.3, 0.4) is 0 Å². The van der Waals surface area contributed by atoms with E-state index in [1.54, 1.807) is 6.92 Å². The summed E-state index contributed by atoms with van der Waals surface area (Å²) in [4.78, 5) is 13.8. The second-order valence-electron chi connectivity index (χ2n) is 11.4. The number of aromatic hydroxyl groups is 1. The number of hydrogen-bond acceptors (Lipinski definition) is 7. The van der Waals surface area contributed by atoms with Crippen LogP contribution in [0.2, 0.25) is 0 Å². The van der Waals surface area contributed by atoms with Crippen molar-refractivity contribution in [3.63, 3.8) is 0 Å². The van der Waals surface area contributed by atoms with Gasteiger partial charge >= 0.3 is 6.61 Å². The highest BCUT2D eigenvalue weighted by Crippen LogP contribution is 2.42. The first-order valence-electron chi connectivity index (χ1n) is 14.1. The maximum atomic E-state index is 14.5. The number of sulfone groups is 1. The number of rotatable bonds is 11. The molecule has 3 unspecified atom stereocenters. The van der Waals surface area contributed by atoms with Crippen LogP contribution in [-0.2, 0) is 9.84 Å². The lowest BCUT2D eigenvalue weighted by molar-refractivity contribution is -0.0512.